The molecule has 6 rings (SSSR count). The minimum Gasteiger partial charge on any atom is -0.456 e. The molecule has 1 aromatic carbocycles. The van der Waals surface area contributed by atoms with Crippen molar-refractivity contribution < 1.29 is 22.7 Å². The van der Waals surface area contributed by atoms with Gasteiger partial charge in [0.1, 0.15) is 26.2 Å². The summed E-state index contributed by atoms with van der Waals surface area (Å²) in [5.41, 5.74) is 2.51. The Labute approximate surface area is 275 Å². The summed E-state index contributed by atoms with van der Waals surface area (Å²) >= 11 is 2.90. The zero-order valence-corrected chi connectivity index (χ0v) is 28.2. The Kier molecular flexibility index (Phi) is 8.89. The summed E-state index contributed by atoms with van der Waals surface area (Å²) in [5, 5.41) is 10.2. The maximum absolute atomic E-state index is 13.5. The van der Waals surface area contributed by atoms with Crippen molar-refractivity contribution in [3.63, 3.8) is 0 Å². The third kappa shape index (κ3) is 6.39. The van der Waals surface area contributed by atoms with Crippen LogP contribution in [0.1, 0.15) is 70.4 Å². The summed E-state index contributed by atoms with van der Waals surface area (Å²) in [6.07, 6.45) is 7.91. The van der Waals surface area contributed by atoms with Gasteiger partial charge < -0.3 is 14.6 Å². The number of fused-ring (bicyclic) bond motifs is 2. The van der Waals surface area contributed by atoms with Gasteiger partial charge in [0, 0.05) is 47.3 Å². The van der Waals surface area contributed by atoms with E-state index in [1.165, 1.54) is 39.1 Å². The smallest absolute Gasteiger partial charge is 0.341 e. The Morgan fingerprint density at radius 2 is 1.72 bits per heavy atom. The Morgan fingerprint density at radius 1 is 0.978 bits per heavy atom. The highest BCUT2D eigenvalue weighted by Gasteiger charge is 2.34. The average molecular weight is 682 g/mol. The highest BCUT2D eigenvalue weighted by Crippen LogP contribution is 2.40. The molecule has 0 unspecified atom stereocenters. The van der Waals surface area contributed by atoms with Gasteiger partial charge in [0.15, 0.2) is 0 Å². The Bertz CT molecular complexity index is 1900. The number of thiophene rings is 2. The van der Waals surface area contributed by atoms with Crippen LogP contribution in [-0.4, -0.2) is 41.4 Å². The Hall–Kier alpha value is -3.85. The van der Waals surface area contributed by atoms with E-state index < -0.39 is 27.6 Å². The zero-order valence-electron chi connectivity index (χ0n) is 25.8. The molecule has 3 aromatic heterocycles. The molecule has 2 amide bonds. The first-order valence-electron chi connectivity index (χ1n) is 15.1. The molecule has 1 aliphatic carbocycles. The van der Waals surface area contributed by atoms with Gasteiger partial charge in [0.2, 0.25) is 10.0 Å². The average Bonchev–Trinajstić information content (AvgIpc) is 3.76. The first-order valence-corrected chi connectivity index (χ1v) is 18.2. The normalized spacial score (nSPS) is 15.1. The van der Waals surface area contributed by atoms with E-state index in [2.05, 4.69) is 15.8 Å². The second kappa shape index (κ2) is 12.7. The summed E-state index contributed by atoms with van der Waals surface area (Å²) in [4.78, 5) is 39.8. The molecule has 242 valence electrons. The maximum Gasteiger partial charge on any atom is 0.341 e. The number of nitrogens with zero attached hydrogens (tertiary/aromatic N) is 3. The lowest BCUT2D eigenvalue weighted by Gasteiger charge is -2.27. The molecule has 4 aromatic rings. The summed E-state index contributed by atoms with van der Waals surface area (Å²) in [5.74, 6) is -0.435. The van der Waals surface area contributed by atoms with Gasteiger partial charge in [-0.25, -0.2) is 18.0 Å². The van der Waals surface area contributed by atoms with Crippen molar-refractivity contribution in [2.75, 3.05) is 11.9 Å². The van der Waals surface area contributed by atoms with Gasteiger partial charge in [0.05, 0.1) is 5.56 Å². The molecular formula is C32H35N5O6S3. The predicted octanol–water partition coefficient (Wildman–Crippen LogP) is 6.90. The number of sulfonamides is 1. The number of ether oxygens (including phenoxy) is 1. The number of hydrogen-bond acceptors (Lipinski definition) is 9. The van der Waals surface area contributed by atoms with Gasteiger partial charge in [-0.05, 0) is 93.4 Å². The number of aryl methyl sites for hydroxylation is 1. The van der Waals surface area contributed by atoms with E-state index in [4.69, 9.17) is 4.74 Å². The summed E-state index contributed by atoms with van der Waals surface area (Å²) in [6.45, 7) is 6.01. The van der Waals surface area contributed by atoms with Gasteiger partial charge in [-0.15, -0.1) is 27.6 Å². The lowest BCUT2D eigenvalue weighted by atomic mass is 9.95. The van der Waals surface area contributed by atoms with E-state index >= 15 is 0 Å². The number of carbonyl (C=O) groups excluding carboxylic acids is 2. The third-order valence-electron chi connectivity index (χ3n) is 7.96. The van der Waals surface area contributed by atoms with Crippen molar-refractivity contribution in [1.29, 1.82) is 0 Å². The number of carbonyl (C=O) groups is 2. The van der Waals surface area contributed by atoms with Crippen LogP contribution in [0.4, 0.5) is 15.5 Å². The van der Waals surface area contributed by atoms with Crippen molar-refractivity contribution in [2.45, 2.75) is 76.5 Å². The number of anilines is 1. The van der Waals surface area contributed by atoms with Crippen LogP contribution in [0.3, 0.4) is 0 Å². The first-order chi connectivity index (χ1) is 22.0. The molecule has 0 saturated heterocycles. The lowest BCUT2D eigenvalue weighted by Crippen LogP contribution is -2.36. The van der Waals surface area contributed by atoms with Gasteiger partial charge in [0.25, 0.3) is 0 Å². The number of benzene rings is 1. The molecule has 0 radical (unpaired) electrons. The molecule has 0 fully saturated rings. The van der Waals surface area contributed by atoms with E-state index in [1.807, 2.05) is 49.9 Å². The van der Waals surface area contributed by atoms with E-state index in [9.17, 15) is 22.9 Å². The van der Waals surface area contributed by atoms with E-state index in [0.717, 1.165) is 57.1 Å². The highest BCUT2D eigenvalue weighted by atomic mass is 32.2. The van der Waals surface area contributed by atoms with Gasteiger partial charge >= 0.3 is 12.0 Å². The summed E-state index contributed by atoms with van der Waals surface area (Å²) < 4.78 is 36.1. The molecule has 14 heteroatoms. The quantitative estimate of drug-likeness (QED) is 0.153. The number of urea groups is 1. The van der Waals surface area contributed by atoms with E-state index in [-0.39, 0.29) is 30.2 Å². The topological polar surface area (TPSA) is 139 Å². The number of rotatable bonds is 8. The number of nitroso groups, excluding NO2 is 1. The van der Waals surface area contributed by atoms with Gasteiger partial charge in [-0.3, -0.25) is 5.32 Å². The fourth-order valence-electron chi connectivity index (χ4n) is 5.90. The molecule has 1 aliphatic heterocycles. The van der Waals surface area contributed by atoms with Crippen LogP contribution < -0.4 is 10.6 Å². The number of nitrogens with one attached hydrogen (secondary N) is 2. The van der Waals surface area contributed by atoms with Crippen LogP contribution in [0.25, 0.3) is 5.00 Å². The molecule has 0 bridgehead atoms. The fraction of sp³-hybridized carbons (Fsp3) is 0.375. The summed E-state index contributed by atoms with van der Waals surface area (Å²) in [7, 11) is -3.97. The monoisotopic (exact) mass is 681 g/mol. The van der Waals surface area contributed by atoms with Crippen molar-refractivity contribution in [3.8, 4) is 5.00 Å². The number of hydrogen-bond donors (Lipinski definition) is 2. The van der Waals surface area contributed by atoms with Crippen molar-refractivity contribution in [1.82, 2.24) is 14.2 Å². The van der Waals surface area contributed by atoms with Crippen LogP contribution in [-0.2, 0) is 47.1 Å². The maximum atomic E-state index is 13.5. The van der Waals surface area contributed by atoms with Crippen LogP contribution >= 0.6 is 22.7 Å². The molecule has 0 spiro atoms. The molecule has 11 nitrogen and oxygen atoms in total. The SMILES string of the molecule is CC(C)(C)OC(=O)c1c(NC(=O)NCc2c(-n3cccc3)sc3c2CCN(S(=O)(=O)c2ccccc2N=O)C3)sc2c1CCCC2. The Balaban J connectivity index is 1.24. The first kappa shape index (κ1) is 32.1. The fourth-order valence-corrected chi connectivity index (χ4v) is 10.1. The van der Waals surface area contributed by atoms with Crippen molar-refractivity contribution >= 4 is 55.4 Å². The molecule has 2 N–H and O–H groups in total. The number of amides is 2. The number of esters is 1. The second-order valence-corrected chi connectivity index (χ2v) is 16.3. The molecule has 4 heterocycles. The van der Waals surface area contributed by atoms with Gasteiger partial charge in [-0.2, -0.15) is 4.31 Å². The second-order valence-electron chi connectivity index (χ2n) is 12.3. The van der Waals surface area contributed by atoms with Crippen LogP contribution in [0, 0.1) is 4.91 Å². The minimum atomic E-state index is -3.97. The standard InChI is InChI=1S/C32H35N5O6S3/c1-32(2,3)43-30(38)27-21-10-4-6-12-24(21)44-28(27)34-31(39)33-18-22-20-14-17-37(19-25(20)45-29(22)36-15-8-9-16-36)46(41,42)26-13-7-5-11-23(26)35-40/h5,7-9,11,13,15-16H,4,6,10,12,14,17-19H2,1-3H3,(H2,33,34,39). The Morgan fingerprint density at radius 3 is 2.46 bits per heavy atom. The molecule has 0 saturated carbocycles. The van der Waals surface area contributed by atoms with Gasteiger partial charge in [-0.1, -0.05) is 12.1 Å². The van der Waals surface area contributed by atoms with Crippen molar-refractivity contribution in [2.24, 2.45) is 5.18 Å². The van der Waals surface area contributed by atoms with E-state index in [1.54, 1.807) is 12.1 Å². The van der Waals surface area contributed by atoms with Crippen LogP contribution in [0.2, 0.25) is 0 Å². The van der Waals surface area contributed by atoms with Crippen LogP contribution in [0.15, 0.2) is 58.9 Å². The zero-order chi connectivity index (χ0) is 32.6. The molecule has 46 heavy (non-hydrogen) atoms. The molecule has 0 atom stereocenters. The number of aromatic nitrogens is 1. The molecule has 2 aliphatic rings. The lowest BCUT2D eigenvalue weighted by molar-refractivity contribution is 0.00698. The largest absolute Gasteiger partial charge is 0.456 e. The summed E-state index contributed by atoms with van der Waals surface area (Å²) in [6, 6.07) is 9.30. The van der Waals surface area contributed by atoms with Crippen LogP contribution in [0.5, 0.6) is 0 Å². The third-order valence-corrected chi connectivity index (χ3v) is 12.3. The van der Waals surface area contributed by atoms with Crippen molar-refractivity contribution in [3.05, 3.63) is 85.7 Å². The highest BCUT2D eigenvalue weighted by molar-refractivity contribution is 7.89. The molecular weight excluding hydrogens is 647 g/mol. The minimum absolute atomic E-state index is 0.116. The van der Waals surface area contributed by atoms with E-state index in [0.29, 0.717) is 17.0 Å². The predicted molar refractivity (Wildman–Crippen MR) is 179 cm³/mol.